The first-order valence-corrected chi connectivity index (χ1v) is 42.3. The van der Waals surface area contributed by atoms with Gasteiger partial charge in [0.05, 0.1) is 43.2 Å². The fraction of sp³-hybridized carbons (Fsp3) is 0.148. The number of phenolic OH excluding ortho intramolecular Hbond substituents is 1. The molecule has 118 heavy (non-hydrogen) atoms. The van der Waals surface area contributed by atoms with Crippen molar-refractivity contribution in [3.8, 4) is 57.9 Å². The summed E-state index contributed by atoms with van der Waals surface area (Å²) < 4.78 is 33.7. The maximum Gasteiger partial charge on any atom is 0.310 e. The van der Waals surface area contributed by atoms with E-state index in [9.17, 15) is 19.2 Å². The van der Waals surface area contributed by atoms with Gasteiger partial charge in [-0.05, 0) is 183 Å². The molecule has 21 nitrogen and oxygen atoms in total. The molecular formula is C88H81Br2Cl6N7O14Si. The van der Waals surface area contributed by atoms with Crippen LogP contribution in [-0.4, -0.2) is 96.3 Å². The van der Waals surface area contributed by atoms with E-state index >= 15 is 0 Å². The Morgan fingerprint density at radius 2 is 1.03 bits per heavy atom. The van der Waals surface area contributed by atoms with Gasteiger partial charge >= 0.3 is 17.9 Å². The Morgan fingerprint density at radius 1 is 0.602 bits per heavy atom. The lowest BCUT2D eigenvalue weighted by atomic mass is 9.95. The van der Waals surface area contributed by atoms with Gasteiger partial charge in [-0.3, -0.25) is 23.8 Å². The van der Waals surface area contributed by atoms with Gasteiger partial charge in [-0.25, -0.2) is 20.4 Å². The van der Waals surface area contributed by atoms with E-state index in [1.54, 1.807) is 134 Å². The van der Waals surface area contributed by atoms with Crippen LogP contribution in [-0.2, 0) is 68.2 Å². The quantitative estimate of drug-likeness (QED) is 0.0257. The third-order valence-electron chi connectivity index (χ3n) is 16.1. The third kappa shape index (κ3) is 30.9. The second-order valence-corrected chi connectivity index (χ2v) is 34.3. The van der Waals surface area contributed by atoms with Crippen LogP contribution in [0.25, 0.3) is 0 Å². The van der Waals surface area contributed by atoms with Gasteiger partial charge in [0, 0.05) is 95.2 Å². The summed E-state index contributed by atoms with van der Waals surface area (Å²) in [5.41, 5.74) is 14.8. The Bertz CT molecular complexity index is 5380. The predicted molar refractivity (Wildman–Crippen MR) is 476 cm³/mol. The van der Waals surface area contributed by atoms with Crippen LogP contribution in [0.4, 0.5) is 0 Å². The van der Waals surface area contributed by atoms with E-state index in [4.69, 9.17) is 113 Å². The number of methoxy groups -OCH3 is 1. The summed E-state index contributed by atoms with van der Waals surface area (Å²) in [7, 11) is 3.34. The number of halogens is 8. The van der Waals surface area contributed by atoms with Gasteiger partial charge in [-0.1, -0.05) is 199 Å². The van der Waals surface area contributed by atoms with Crippen LogP contribution in [0.3, 0.4) is 0 Å². The number of aromatic hydroxyl groups is 1. The van der Waals surface area contributed by atoms with Gasteiger partial charge in [0.2, 0.25) is 17.9 Å². The zero-order valence-electron chi connectivity index (χ0n) is 64.4. The summed E-state index contributed by atoms with van der Waals surface area (Å²) in [4.78, 5) is 58.5. The second kappa shape index (κ2) is 48.2. The van der Waals surface area contributed by atoms with Gasteiger partial charge in [0.25, 0.3) is 0 Å². The SMILES string of the molecule is C=C=N[Si](C)(C)C.CN1OC2(Cc3ccccc3Oc3ccc(Cl)cc32)N=C1N.CNO.COC(=O)Cc1ccccc1Br.Cl.N#CN=C1Cc2ccccc2Oc2ccc(Cl)cc21.O=C(O)Cc1ccccc1Br.O=C(O)Cc1ccccc1Oc1ccc(Cl)cc1.O=C1Cc2ccccc2Oc2ccc(Cl)cc21.Oc1ccc(Cl)cc1. The third-order valence-corrected chi connectivity index (χ3v) is 19.7. The smallest absolute Gasteiger partial charge is 0.310 e. The zero-order chi connectivity index (χ0) is 85.2. The highest BCUT2D eigenvalue weighted by atomic mass is 79.9. The normalized spacial score (nSPS) is 13.3. The summed E-state index contributed by atoms with van der Waals surface area (Å²) >= 11 is 36.0. The first-order valence-electron chi connectivity index (χ1n) is 35.4. The number of nitriles is 1. The lowest BCUT2D eigenvalue weighted by Gasteiger charge is -2.25. The van der Waals surface area contributed by atoms with Gasteiger partial charge < -0.3 is 49.9 Å². The van der Waals surface area contributed by atoms with Crippen molar-refractivity contribution in [1.29, 1.82) is 5.26 Å². The monoisotopic (exact) mass is 1860 g/mol. The number of hydrogen-bond acceptors (Lipinski definition) is 19. The van der Waals surface area contributed by atoms with Crippen LogP contribution in [0.15, 0.2) is 279 Å². The van der Waals surface area contributed by atoms with Crippen LogP contribution < -0.4 is 30.2 Å². The highest BCUT2D eigenvalue weighted by molar-refractivity contribution is 9.10. The molecule has 4 aliphatic heterocycles. The number of carboxylic acid groups (broad SMARTS) is 2. The summed E-state index contributed by atoms with van der Waals surface area (Å²) in [5, 5.41) is 46.6. The van der Waals surface area contributed by atoms with E-state index in [0.717, 1.165) is 65.1 Å². The lowest BCUT2D eigenvalue weighted by molar-refractivity contribution is -0.172. The predicted octanol–water partition coefficient (Wildman–Crippen LogP) is 22.6. The van der Waals surface area contributed by atoms with Crippen molar-refractivity contribution in [3.63, 3.8) is 0 Å². The zero-order valence-corrected chi connectivity index (χ0v) is 73.1. The number of guanidine groups is 1. The minimum Gasteiger partial charge on any atom is -0.508 e. The molecule has 1 spiro atoms. The van der Waals surface area contributed by atoms with Crippen molar-refractivity contribution in [2.75, 3.05) is 21.2 Å². The molecule has 0 amide bonds. The number of phenols is 1. The molecule has 11 aromatic carbocycles. The van der Waals surface area contributed by atoms with Crippen molar-refractivity contribution in [2.24, 2.45) is 20.4 Å². The van der Waals surface area contributed by atoms with E-state index in [1.165, 1.54) is 19.2 Å². The fourth-order valence-corrected chi connectivity index (χ4v) is 12.9. The first kappa shape index (κ1) is 96.0. The van der Waals surface area contributed by atoms with Gasteiger partial charge in [-0.2, -0.15) is 10.3 Å². The number of aliphatic imine (C=N–C) groups is 2. The summed E-state index contributed by atoms with van der Waals surface area (Å²) in [5.74, 6) is 6.62. The summed E-state index contributed by atoms with van der Waals surface area (Å²) in [6.45, 7) is 9.82. The topological polar surface area (TPSA) is 307 Å². The van der Waals surface area contributed by atoms with Crippen LogP contribution in [0.5, 0.6) is 51.7 Å². The lowest BCUT2D eigenvalue weighted by Crippen LogP contribution is -2.32. The number of nitrogens with zero attached hydrogens (tertiary/aromatic N) is 5. The summed E-state index contributed by atoms with van der Waals surface area (Å²) in [6.07, 6.45) is 3.59. The number of nitrogens with two attached hydrogens (primary N) is 1. The van der Waals surface area contributed by atoms with E-state index < -0.39 is 25.9 Å². The van der Waals surface area contributed by atoms with Crippen molar-refractivity contribution in [3.05, 3.63) is 339 Å². The number of rotatable bonds is 9. The van der Waals surface area contributed by atoms with Gasteiger partial charge in [-0.15, -0.1) is 12.4 Å². The number of carbonyl (C=O) groups is 4. The maximum absolute atomic E-state index is 12.1. The molecule has 1 atom stereocenters. The van der Waals surface area contributed by atoms with Crippen molar-refractivity contribution >= 4 is 152 Å². The number of ether oxygens (including phenoxy) is 5. The average Bonchev–Trinajstić information content (AvgIpc) is 1.59. The molecule has 0 radical (unpaired) electrons. The molecule has 0 fully saturated rings. The number of esters is 1. The molecule has 0 saturated heterocycles. The van der Waals surface area contributed by atoms with Crippen LogP contribution in [0, 0.1) is 11.5 Å². The highest BCUT2D eigenvalue weighted by Gasteiger charge is 2.46. The number of nitrogens with one attached hydrogen (secondary N) is 1. The molecule has 0 aromatic heterocycles. The van der Waals surface area contributed by atoms with Gasteiger partial charge in [0.1, 0.15) is 51.7 Å². The van der Waals surface area contributed by atoms with Crippen molar-refractivity contribution in [1.82, 2.24) is 10.5 Å². The Balaban J connectivity index is 0.000000213. The Hall–Kier alpha value is -10.8. The van der Waals surface area contributed by atoms with Crippen LogP contribution in [0.2, 0.25) is 44.8 Å². The molecule has 15 rings (SSSR count). The number of para-hydroxylation sites is 4. The summed E-state index contributed by atoms with van der Waals surface area (Å²) in [6, 6.07) is 74.2. The number of carboxylic acids is 2. The van der Waals surface area contributed by atoms with Crippen molar-refractivity contribution < 1.29 is 68.2 Å². The van der Waals surface area contributed by atoms with E-state index in [2.05, 4.69) is 83.3 Å². The van der Waals surface area contributed by atoms with E-state index in [-0.39, 0.29) is 42.8 Å². The standard InChI is InChI=1S/C16H14ClN3O2.C15H9ClN2O.C14H11ClO3.C14H9ClO2.C9H9BrO2.C8H7BrO2.C6H5ClO.C5H11NSi.CH5NO.ClH/c1-20-15(18)19-16(22-20)9-10-4-2-3-5-13(10)21-14-7-6-11(17)8-12(14)16;16-11-5-6-15-12(8-11)13(18-9-17)7-10-3-1-2-4-14(10)19-15;15-11-5-7-12(8-6-11)18-13-4-2-1-3-10(13)9-14(16)17;15-10-5-6-14-11(8-10)12(16)7-9-3-1-2-4-13(9)17-14;1-12-9(11)6-7-4-2-3-5-8(7)10;9-7-4-2-1-3-6(7)5-8(10)11;7-5-1-3-6(8)4-2-5;1-5-6-7(2,3)4;1-2-3;/h2-8H,9H2,1H3,(H2,18,19);1-6,8H,7H2;1-8H,9H2,(H,16,17);1-6,8H,7H2;2-5H,6H2,1H3;1-4H,5H2,(H,10,11);1-4,8H;1H2,2-4H3;2-3H,1H3;1H. The number of hydrogen-bond donors (Lipinski definition) is 6. The largest absolute Gasteiger partial charge is 0.508 e. The van der Waals surface area contributed by atoms with Crippen LogP contribution >= 0.6 is 102 Å². The fourth-order valence-electron chi connectivity index (χ4n) is 10.8. The van der Waals surface area contributed by atoms with Crippen LogP contribution in [0.1, 0.15) is 54.9 Å². The first-order chi connectivity index (χ1) is 55.9. The Kier molecular flexibility index (Phi) is 39.2. The molecule has 4 heterocycles. The minimum absolute atomic E-state index is 0. The molecule has 0 bridgehead atoms. The van der Waals surface area contributed by atoms with E-state index in [1.807, 2.05) is 134 Å². The number of Topliss-reactive ketones (excluding diaryl/α,β-unsaturated/α-hetero) is 1. The molecule has 7 N–H and O–H groups in total. The molecule has 1 unspecified atom stereocenters. The second-order valence-electron chi connectivity index (χ2n) is 25.9. The van der Waals surface area contributed by atoms with Gasteiger partial charge in [0.15, 0.2) is 14.0 Å². The highest BCUT2D eigenvalue weighted by Crippen LogP contribution is 2.48. The molecule has 612 valence electrons. The number of hydroxylamine groups is 3. The average molecular weight is 1860 g/mol. The van der Waals surface area contributed by atoms with Crippen molar-refractivity contribution in [2.45, 2.75) is 63.9 Å². The molecule has 30 heteroatoms. The molecule has 4 aliphatic rings. The number of carbonyl (C=O) groups excluding carboxylic acids is 2. The van der Waals surface area contributed by atoms with E-state index in [0.29, 0.717) is 102 Å². The number of ketones is 1. The number of aliphatic carboxylic acids is 2. The molecule has 0 saturated carbocycles. The minimum atomic E-state index is -1.21. The Morgan fingerprint density at radius 3 is 1.51 bits per heavy atom. The molecular weight excluding hydrogens is 1780 g/mol. The number of benzene rings is 11. The molecule has 0 aliphatic carbocycles. The molecule has 11 aromatic rings. The Labute approximate surface area is 732 Å². The maximum atomic E-state index is 12.1. The number of fused-ring (bicyclic) bond motifs is 7.